The minimum atomic E-state index is -0.963. The van der Waals surface area contributed by atoms with Gasteiger partial charge < -0.3 is 25.3 Å². The first-order chi connectivity index (χ1) is 10.7. The van der Waals surface area contributed by atoms with Crippen molar-refractivity contribution in [2.75, 3.05) is 6.54 Å². The Morgan fingerprint density at radius 1 is 1.13 bits per heavy atom. The Bertz CT molecular complexity index is 580. The van der Waals surface area contributed by atoms with Crippen LogP contribution in [0.5, 0.6) is 11.5 Å². The molecule has 1 aromatic rings. The lowest BCUT2D eigenvalue weighted by molar-refractivity contribution is -0.134. The third-order valence-corrected chi connectivity index (χ3v) is 2.25. The van der Waals surface area contributed by atoms with Crippen LogP contribution in [0.4, 0.5) is 9.59 Å². The number of esters is 1. The van der Waals surface area contributed by atoms with E-state index >= 15 is 0 Å². The summed E-state index contributed by atoms with van der Waals surface area (Å²) in [6.07, 6.45) is -1.61. The summed E-state index contributed by atoms with van der Waals surface area (Å²) in [7, 11) is 0. The molecule has 0 radical (unpaired) electrons. The summed E-state index contributed by atoms with van der Waals surface area (Å²) in [6, 6.07) is 5.91. The average Bonchev–Trinajstić information content (AvgIpc) is 2.35. The largest absolute Gasteiger partial charge is 0.444 e. The van der Waals surface area contributed by atoms with Crippen LogP contribution in [0, 0.1) is 0 Å². The summed E-state index contributed by atoms with van der Waals surface area (Å²) in [5.74, 6) is -0.196. The van der Waals surface area contributed by atoms with Crippen molar-refractivity contribution >= 4 is 18.2 Å². The van der Waals surface area contributed by atoms with Crippen LogP contribution in [0.1, 0.15) is 27.2 Å². The van der Waals surface area contributed by atoms with Crippen LogP contribution in [0.15, 0.2) is 24.3 Å². The molecule has 0 saturated heterocycles. The standard InChI is InChI=1S/C15H20N2O6/c1-15(2,3)23-14(20)17-8-7-12(18)21-10-5-4-6-11(9-10)22-13(16)19/h4-6,9H,7-8H2,1-3H3,(H2,16,19)(H,17,20). The number of nitrogens with one attached hydrogen (secondary N) is 1. The molecule has 0 aliphatic heterocycles. The maximum Gasteiger partial charge on any atom is 0.409 e. The van der Waals surface area contributed by atoms with E-state index in [1.165, 1.54) is 18.2 Å². The molecule has 1 aromatic carbocycles. The van der Waals surface area contributed by atoms with Gasteiger partial charge in [0.2, 0.25) is 0 Å². The Kier molecular flexibility index (Phi) is 6.37. The summed E-state index contributed by atoms with van der Waals surface area (Å²) >= 11 is 0. The molecule has 126 valence electrons. The summed E-state index contributed by atoms with van der Waals surface area (Å²) in [4.78, 5) is 33.7. The van der Waals surface area contributed by atoms with Gasteiger partial charge in [-0.3, -0.25) is 4.79 Å². The van der Waals surface area contributed by atoms with Gasteiger partial charge in [0.15, 0.2) is 0 Å². The number of carbonyl (C=O) groups excluding carboxylic acids is 3. The first-order valence-corrected chi connectivity index (χ1v) is 6.90. The van der Waals surface area contributed by atoms with E-state index < -0.39 is 23.8 Å². The second-order valence-corrected chi connectivity index (χ2v) is 5.55. The van der Waals surface area contributed by atoms with Gasteiger partial charge in [-0.2, -0.15) is 0 Å². The number of alkyl carbamates (subject to hydrolysis) is 1. The highest BCUT2D eigenvalue weighted by Crippen LogP contribution is 2.19. The molecular formula is C15H20N2O6. The van der Waals surface area contributed by atoms with Crippen molar-refractivity contribution < 1.29 is 28.6 Å². The smallest absolute Gasteiger partial charge is 0.409 e. The van der Waals surface area contributed by atoms with Crippen molar-refractivity contribution in [2.45, 2.75) is 32.8 Å². The van der Waals surface area contributed by atoms with Crippen molar-refractivity contribution in [2.24, 2.45) is 5.73 Å². The summed E-state index contributed by atoms with van der Waals surface area (Å²) in [5, 5.41) is 2.45. The highest BCUT2D eigenvalue weighted by Gasteiger charge is 2.16. The molecule has 8 nitrogen and oxygen atoms in total. The normalized spacial score (nSPS) is 10.6. The maximum atomic E-state index is 11.7. The van der Waals surface area contributed by atoms with Gasteiger partial charge in [-0.05, 0) is 32.9 Å². The predicted molar refractivity (Wildman–Crippen MR) is 81.1 cm³/mol. The molecule has 0 aliphatic carbocycles. The number of primary amides is 1. The van der Waals surface area contributed by atoms with E-state index in [1.54, 1.807) is 26.8 Å². The third kappa shape index (κ3) is 8.30. The first kappa shape index (κ1) is 18.3. The van der Waals surface area contributed by atoms with E-state index in [-0.39, 0.29) is 24.5 Å². The Morgan fingerprint density at radius 3 is 2.30 bits per heavy atom. The average molecular weight is 324 g/mol. The van der Waals surface area contributed by atoms with Crippen molar-refractivity contribution in [1.82, 2.24) is 5.32 Å². The van der Waals surface area contributed by atoms with Gasteiger partial charge in [0.05, 0.1) is 6.42 Å². The fourth-order valence-corrected chi connectivity index (χ4v) is 1.48. The van der Waals surface area contributed by atoms with Gasteiger partial charge in [-0.25, -0.2) is 9.59 Å². The lowest BCUT2D eigenvalue weighted by atomic mass is 10.2. The first-order valence-electron chi connectivity index (χ1n) is 6.90. The highest BCUT2D eigenvalue weighted by atomic mass is 16.6. The predicted octanol–water partition coefficient (Wildman–Crippen LogP) is 1.96. The fraction of sp³-hybridized carbons (Fsp3) is 0.400. The maximum absolute atomic E-state index is 11.7. The molecule has 0 heterocycles. The Hall–Kier alpha value is -2.77. The zero-order valence-corrected chi connectivity index (χ0v) is 13.3. The van der Waals surface area contributed by atoms with Gasteiger partial charge in [0.25, 0.3) is 0 Å². The molecule has 0 atom stereocenters. The SMILES string of the molecule is CC(C)(C)OC(=O)NCCC(=O)Oc1cccc(OC(N)=O)c1. The van der Waals surface area contributed by atoms with Crippen molar-refractivity contribution in [3.8, 4) is 11.5 Å². The lowest BCUT2D eigenvalue weighted by Crippen LogP contribution is -2.34. The Labute approximate surface area is 133 Å². The molecule has 0 aromatic heterocycles. The number of nitrogens with two attached hydrogens (primary N) is 1. The lowest BCUT2D eigenvalue weighted by Gasteiger charge is -2.19. The monoisotopic (exact) mass is 324 g/mol. The number of ether oxygens (including phenoxy) is 3. The number of hydrogen-bond donors (Lipinski definition) is 2. The molecule has 0 saturated carbocycles. The zero-order valence-electron chi connectivity index (χ0n) is 13.3. The van der Waals surface area contributed by atoms with E-state index in [9.17, 15) is 14.4 Å². The quantitative estimate of drug-likeness (QED) is 0.631. The van der Waals surface area contributed by atoms with Crippen LogP contribution >= 0.6 is 0 Å². The highest BCUT2D eigenvalue weighted by molar-refractivity contribution is 5.74. The van der Waals surface area contributed by atoms with Crippen molar-refractivity contribution in [3.05, 3.63) is 24.3 Å². The van der Waals surface area contributed by atoms with E-state index in [2.05, 4.69) is 10.1 Å². The second-order valence-electron chi connectivity index (χ2n) is 5.55. The molecule has 0 aliphatic rings. The van der Waals surface area contributed by atoms with Gasteiger partial charge in [-0.15, -0.1) is 0 Å². The van der Waals surface area contributed by atoms with Gasteiger partial charge >= 0.3 is 18.2 Å². The molecule has 3 N–H and O–H groups in total. The van der Waals surface area contributed by atoms with Crippen LogP contribution in [0.3, 0.4) is 0 Å². The topological polar surface area (TPSA) is 117 Å². The van der Waals surface area contributed by atoms with Crippen LogP contribution in [-0.2, 0) is 9.53 Å². The number of hydrogen-bond acceptors (Lipinski definition) is 6. The molecule has 23 heavy (non-hydrogen) atoms. The molecule has 8 heteroatoms. The van der Waals surface area contributed by atoms with Crippen LogP contribution in [0.25, 0.3) is 0 Å². The van der Waals surface area contributed by atoms with E-state index in [0.29, 0.717) is 0 Å². The molecule has 1 rings (SSSR count). The summed E-state index contributed by atoms with van der Waals surface area (Å²) in [6.45, 7) is 5.29. The van der Waals surface area contributed by atoms with Crippen LogP contribution in [-0.4, -0.2) is 30.3 Å². The fourth-order valence-electron chi connectivity index (χ4n) is 1.48. The Balaban J connectivity index is 2.39. The molecule has 0 unspecified atom stereocenters. The molecule has 0 fully saturated rings. The molecule has 2 amide bonds. The van der Waals surface area contributed by atoms with E-state index in [4.69, 9.17) is 15.2 Å². The summed E-state index contributed by atoms with van der Waals surface area (Å²) < 4.78 is 14.8. The second kappa shape index (κ2) is 8.02. The van der Waals surface area contributed by atoms with Gasteiger partial charge in [0, 0.05) is 12.6 Å². The van der Waals surface area contributed by atoms with Crippen molar-refractivity contribution in [1.29, 1.82) is 0 Å². The van der Waals surface area contributed by atoms with Crippen molar-refractivity contribution in [3.63, 3.8) is 0 Å². The molecule has 0 bridgehead atoms. The minimum absolute atomic E-state index is 0.0415. The van der Waals surface area contributed by atoms with E-state index in [1.807, 2.05) is 0 Å². The van der Waals surface area contributed by atoms with Crippen LogP contribution < -0.4 is 20.5 Å². The zero-order chi connectivity index (χ0) is 17.5. The van der Waals surface area contributed by atoms with Gasteiger partial charge in [0.1, 0.15) is 17.1 Å². The number of rotatable bonds is 5. The number of carbonyl (C=O) groups is 3. The number of benzene rings is 1. The van der Waals surface area contributed by atoms with E-state index in [0.717, 1.165) is 0 Å². The molecule has 0 spiro atoms. The number of amides is 2. The molecular weight excluding hydrogens is 304 g/mol. The van der Waals surface area contributed by atoms with Crippen LogP contribution in [0.2, 0.25) is 0 Å². The summed E-state index contributed by atoms with van der Waals surface area (Å²) in [5.41, 5.74) is 4.29. The minimum Gasteiger partial charge on any atom is -0.444 e. The van der Waals surface area contributed by atoms with Gasteiger partial charge in [-0.1, -0.05) is 6.07 Å². The Morgan fingerprint density at radius 2 is 1.74 bits per heavy atom. The third-order valence-electron chi connectivity index (χ3n) is 2.25.